The van der Waals surface area contributed by atoms with Crippen molar-refractivity contribution >= 4 is 7.85 Å². The number of nitrogens with zero attached hydrogens (tertiary/aromatic N) is 1. The molecule has 94 valence electrons. The number of aromatic nitrogens is 1. The van der Waals surface area contributed by atoms with Gasteiger partial charge in [0.15, 0.2) is 5.75 Å². The van der Waals surface area contributed by atoms with E-state index in [1.54, 1.807) is 6.92 Å². The fourth-order valence-electron chi connectivity index (χ4n) is 0.806. The first-order valence-electron chi connectivity index (χ1n) is 5.09. The van der Waals surface area contributed by atoms with E-state index < -0.39 is 35.3 Å². The van der Waals surface area contributed by atoms with Gasteiger partial charge in [-0.25, -0.2) is 0 Å². The molecule has 1 aromatic rings. The van der Waals surface area contributed by atoms with Crippen LogP contribution in [0.2, 0.25) is 0 Å². The van der Waals surface area contributed by atoms with Gasteiger partial charge in [-0.2, -0.15) is 22.5 Å². The first-order valence-corrected chi connectivity index (χ1v) is 5.09. The Morgan fingerprint density at radius 2 is 1.53 bits per heavy atom. The minimum Gasteiger partial charge on any atom is -0.494 e. The fourth-order valence-corrected chi connectivity index (χ4v) is 0.806. The van der Waals surface area contributed by atoms with Gasteiger partial charge in [-0.3, -0.25) is 0 Å². The van der Waals surface area contributed by atoms with E-state index in [1.165, 1.54) is 0 Å². The average Bonchev–Trinajstić information content (AvgIpc) is 2.34. The third kappa shape index (κ3) is 3.91. The molecule has 0 aromatic carbocycles. The summed E-state index contributed by atoms with van der Waals surface area (Å²) in [6, 6.07) is -1.05. The fraction of sp³-hybridized carbons (Fsp3) is 0.500. The number of rotatable bonds is 3. The molecular weight excluding hydrogens is 237 g/mol. The van der Waals surface area contributed by atoms with Gasteiger partial charge in [-0.15, -0.1) is 0 Å². The quantitative estimate of drug-likeness (QED) is 0.466. The van der Waals surface area contributed by atoms with Crippen molar-refractivity contribution in [3.05, 3.63) is 23.5 Å². The maximum atomic E-state index is 12.9. The highest BCUT2D eigenvalue weighted by Gasteiger charge is 2.23. The van der Waals surface area contributed by atoms with E-state index in [9.17, 15) is 17.6 Å². The molecule has 1 aromatic heterocycles. The lowest BCUT2D eigenvalue weighted by Crippen LogP contribution is -2.18. The van der Waals surface area contributed by atoms with Crippen LogP contribution in [-0.2, 0) is 0 Å². The first kappa shape index (κ1) is 15.7. The summed E-state index contributed by atoms with van der Waals surface area (Å²) in [4.78, 5) is 2.36. The lowest BCUT2D eigenvalue weighted by molar-refractivity contribution is 0.235. The summed E-state index contributed by atoms with van der Waals surface area (Å²) in [6.07, 6.45) is 0.227. The lowest BCUT2D eigenvalue weighted by Gasteiger charge is -2.14. The van der Waals surface area contributed by atoms with Crippen molar-refractivity contribution in [2.24, 2.45) is 0 Å². The van der Waals surface area contributed by atoms with E-state index in [2.05, 4.69) is 9.72 Å². The van der Waals surface area contributed by atoms with Crippen molar-refractivity contribution in [1.82, 2.24) is 4.98 Å². The summed E-state index contributed by atoms with van der Waals surface area (Å²) in [5.41, 5.74) is 0. The largest absolute Gasteiger partial charge is 0.494 e. The van der Waals surface area contributed by atoms with Crippen molar-refractivity contribution in [3.8, 4) is 5.75 Å². The Balaban J connectivity index is 0.00000121. The zero-order valence-electron chi connectivity index (χ0n) is 9.73. The molecule has 0 aliphatic carbocycles. The van der Waals surface area contributed by atoms with Crippen molar-refractivity contribution in [2.75, 3.05) is 0 Å². The normalized spacial score (nSPS) is 11.5. The molecule has 1 atom stereocenters. The summed E-state index contributed by atoms with van der Waals surface area (Å²) in [7, 11) is 5.22. The highest BCUT2D eigenvalue weighted by molar-refractivity contribution is 6.11. The molecule has 0 fully saturated rings. The number of halogens is 4. The number of pyridine rings is 1. The molecule has 1 rings (SSSR count). The van der Waals surface area contributed by atoms with Crippen molar-refractivity contribution in [2.45, 2.75) is 33.2 Å². The summed E-state index contributed by atoms with van der Waals surface area (Å²) in [6.45, 7) is 5.58. The van der Waals surface area contributed by atoms with Crippen molar-refractivity contribution in [1.29, 1.82) is 0 Å². The SMILES string of the molecule is CC.[B]C(CC)Oc1c(F)c(F)nc(F)c1F. The number of hydrogen-bond acceptors (Lipinski definition) is 2. The first-order chi connectivity index (χ1) is 7.97. The minimum absolute atomic E-state index is 0.227. The van der Waals surface area contributed by atoms with E-state index >= 15 is 0 Å². The summed E-state index contributed by atoms with van der Waals surface area (Å²) in [5.74, 6) is -8.12. The molecular formula is C10H12BF4NO. The molecule has 2 nitrogen and oxygen atoms in total. The Labute approximate surface area is 98.4 Å². The lowest BCUT2D eigenvalue weighted by atomic mass is 9.98. The van der Waals surface area contributed by atoms with E-state index in [4.69, 9.17) is 7.85 Å². The maximum absolute atomic E-state index is 12.9. The van der Waals surface area contributed by atoms with Crippen LogP contribution in [0.15, 0.2) is 0 Å². The molecule has 2 radical (unpaired) electrons. The van der Waals surface area contributed by atoms with Crippen LogP contribution in [-0.4, -0.2) is 18.8 Å². The van der Waals surface area contributed by atoms with Gasteiger partial charge in [0.1, 0.15) is 7.85 Å². The van der Waals surface area contributed by atoms with Crippen LogP contribution in [0.1, 0.15) is 27.2 Å². The molecule has 0 bridgehead atoms. The second-order valence-corrected chi connectivity index (χ2v) is 2.72. The predicted octanol–water partition coefficient (Wildman–Crippen LogP) is 2.95. The molecule has 0 saturated carbocycles. The maximum Gasteiger partial charge on any atom is 0.255 e. The Hall–Kier alpha value is -1.27. The topological polar surface area (TPSA) is 22.1 Å². The van der Waals surface area contributed by atoms with Crippen LogP contribution >= 0.6 is 0 Å². The van der Waals surface area contributed by atoms with E-state index in [1.807, 2.05) is 13.8 Å². The average molecular weight is 249 g/mol. The second kappa shape index (κ2) is 7.14. The van der Waals surface area contributed by atoms with Gasteiger partial charge in [-0.05, 0) is 6.42 Å². The van der Waals surface area contributed by atoms with E-state index in [0.29, 0.717) is 0 Å². The molecule has 0 saturated heterocycles. The van der Waals surface area contributed by atoms with Gasteiger partial charge in [-0.1, -0.05) is 20.8 Å². The van der Waals surface area contributed by atoms with Crippen molar-refractivity contribution < 1.29 is 22.3 Å². The molecule has 0 aliphatic heterocycles. The predicted molar refractivity (Wildman–Crippen MR) is 55.9 cm³/mol. The molecule has 1 heterocycles. The van der Waals surface area contributed by atoms with E-state index in [-0.39, 0.29) is 6.42 Å². The Bertz CT molecular complexity index is 350. The van der Waals surface area contributed by atoms with Gasteiger partial charge in [0, 0.05) is 0 Å². The van der Waals surface area contributed by atoms with Gasteiger partial charge in [0.25, 0.3) is 11.9 Å². The third-order valence-corrected chi connectivity index (χ3v) is 1.63. The number of ether oxygens (including phenoxy) is 1. The molecule has 7 heteroatoms. The van der Waals surface area contributed by atoms with Crippen LogP contribution in [0, 0.1) is 23.5 Å². The van der Waals surface area contributed by atoms with Gasteiger partial charge >= 0.3 is 0 Å². The van der Waals surface area contributed by atoms with Crippen LogP contribution in [0.5, 0.6) is 5.75 Å². The summed E-state index contributed by atoms with van der Waals surface area (Å²) >= 11 is 0. The van der Waals surface area contributed by atoms with Crippen LogP contribution in [0.25, 0.3) is 0 Å². The standard InChI is InChI=1S/C8H6BF4NO.C2H6/c1-2-3(9)15-6-4(10)7(12)14-8(13)5(6)11;1-2/h3H,2H2,1H3;1-2H3. The summed E-state index contributed by atoms with van der Waals surface area (Å²) < 4.78 is 55.4. The Morgan fingerprint density at radius 1 is 1.12 bits per heavy atom. The highest BCUT2D eigenvalue weighted by atomic mass is 19.2. The molecule has 0 aliphatic rings. The Morgan fingerprint density at radius 3 is 1.88 bits per heavy atom. The van der Waals surface area contributed by atoms with Crippen molar-refractivity contribution in [3.63, 3.8) is 0 Å². The van der Waals surface area contributed by atoms with Crippen LogP contribution < -0.4 is 4.74 Å². The third-order valence-electron chi connectivity index (χ3n) is 1.63. The monoisotopic (exact) mass is 249 g/mol. The number of hydrogen-bond donors (Lipinski definition) is 0. The van der Waals surface area contributed by atoms with Crippen LogP contribution in [0.3, 0.4) is 0 Å². The molecule has 1 unspecified atom stereocenters. The smallest absolute Gasteiger partial charge is 0.255 e. The zero-order valence-corrected chi connectivity index (χ0v) is 9.73. The molecule has 0 amide bonds. The zero-order chi connectivity index (χ0) is 13.6. The molecule has 0 N–H and O–H groups in total. The highest BCUT2D eigenvalue weighted by Crippen LogP contribution is 2.25. The van der Waals surface area contributed by atoms with Gasteiger partial charge < -0.3 is 4.74 Å². The molecule has 0 spiro atoms. The second-order valence-electron chi connectivity index (χ2n) is 2.72. The van der Waals surface area contributed by atoms with E-state index in [0.717, 1.165) is 0 Å². The minimum atomic E-state index is -1.77. The molecule has 17 heavy (non-hydrogen) atoms. The Kier molecular flexibility index (Phi) is 6.61. The van der Waals surface area contributed by atoms with Gasteiger partial charge in [0.05, 0.1) is 6.00 Å². The van der Waals surface area contributed by atoms with Gasteiger partial charge in [0.2, 0.25) is 11.6 Å². The van der Waals surface area contributed by atoms with Crippen LogP contribution in [0.4, 0.5) is 17.6 Å². The summed E-state index contributed by atoms with van der Waals surface area (Å²) in [5, 5.41) is 0.